The molecule has 2 aromatic rings. The molecule has 0 spiro atoms. The van der Waals surface area contributed by atoms with Gasteiger partial charge in [-0.15, -0.1) is 12.4 Å². The molecule has 1 amide bonds. The summed E-state index contributed by atoms with van der Waals surface area (Å²) in [6.45, 7) is 6.78. The topological polar surface area (TPSA) is 41.6 Å². The molecule has 0 saturated heterocycles. The van der Waals surface area contributed by atoms with Crippen LogP contribution in [0.25, 0.3) is 0 Å². The van der Waals surface area contributed by atoms with E-state index in [9.17, 15) is 4.79 Å². The largest absolute Gasteiger partial charge is 0.492 e. The minimum atomic E-state index is -0.0453. The van der Waals surface area contributed by atoms with Crippen LogP contribution in [0.3, 0.4) is 0 Å². The van der Waals surface area contributed by atoms with E-state index in [1.54, 1.807) is 0 Å². The maximum absolute atomic E-state index is 12.7. The standard InChI is InChI=1S/C20H24N2O2.ClH/c1-15(2)20(23)22(18-6-4-3-5-7-18)14-16-8-9-19-17(12-16)13-21-10-11-24-19;/h3-9,12,15,21H,10-11,13-14H2,1-2H3;1H. The molecule has 1 aliphatic heterocycles. The maximum Gasteiger partial charge on any atom is 0.229 e. The molecule has 1 aliphatic rings. The average molecular weight is 361 g/mol. The molecule has 0 aliphatic carbocycles. The number of benzene rings is 2. The van der Waals surface area contributed by atoms with E-state index in [1.807, 2.05) is 61.2 Å². The second-order valence-electron chi connectivity index (χ2n) is 6.38. The second kappa shape index (κ2) is 8.88. The number of carbonyl (C=O) groups excluding carboxylic acids is 1. The van der Waals surface area contributed by atoms with Gasteiger partial charge in [-0.1, -0.05) is 38.1 Å². The van der Waals surface area contributed by atoms with Crippen LogP contribution in [-0.2, 0) is 17.9 Å². The fourth-order valence-electron chi connectivity index (χ4n) is 2.86. The first-order valence-electron chi connectivity index (χ1n) is 8.47. The number of amides is 1. The minimum Gasteiger partial charge on any atom is -0.492 e. The van der Waals surface area contributed by atoms with Crippen LogP contribution >= 0.6 is 12.4 Å². The molecule has 2 aromatic carbocycles. The molecule has 25 heavy (non-hydrogen) atoms. The number of anilines is 1. The molecule has 134 valence electrons. The Labute approximate surface area is 155 Å². The van der Waals surface area contributed by atoms with Gasteiger partial charge in [0.15, 0.2) is 0 Å². The summed E-state index contributed by atoms with van der Waals surface area (Å²) in [5.74, 6) is 1.02. The van der Waals surface area contributed by atoms with Gasteiger partial charge in [0.2, 0.25) is 5.91 Å². The summed E-state index contributed by atoms with van der Waals surface area (Å²) in [6.07, 6.45) is 0. The van der Waals surface area contributed by atoms with Gasteiger partial charge in [0.1, 0.15) is 12.4 Å². The van der Waals surface area contributed by atoms with Crippen molar-refractivity contribution in [3.8, 4) is 5.75 Å². The molecule has 0 saturated carbocycles. The van der Waals surface area contributed by atoms with Gasteiger partial charge in [0, 0.05) is 30.3 Å². The Morgan fingerprint density at radius 3 is 2.68 bits per heavy atom. The summed E-state index contributed by atoms with van der Waals surface area (Å²) >= 11 is 0. The Bertz CT molecular complexity index is 704. The summed E-state index contributed by atoms with van der Waals surface area (Å²) in [4.78, 5) is 14.5. The van der Waals surface area contributed by atoms with Gasteiger partial charge in [-0.25, -0.2) is 0 Å². The first kappa shape index (κ1) is 19.3. The zero-order valence-corrected chi connectivity index (χ0v) is 15.5. The monoisotopic (exact) mass is 360 g/mol. The first-order valence-corrected chi connectivity index (χ1v) is 8.47. The smallest absolute Gasteiger partial charge is 0.229 e. The van der Waals surface area contributed by atoms with Crippen LogP contribution in [0.5, 0.6) is 5.75 Å². The molecule has 1 N–H and O–H groups in total. The molecule has 0 fully saturated rings. The van der Waals surface area contributed by atoms with E-state index in [0.717, 1.165) is 35.7 Å². The Morgan fingerprint density at radius 1 is 1.20 bits per heavy atom. The van der Waals surface area contributed by atoms with Crippen LogP contribution < -0.4 is 15.0 Å². The number of halogens is 1. The molecule has 0 unspecified atom stereocenters. The third-order valence-corrected chi connectivity index (χ3v) is 4.15. The highest BCUT2D eigenvalue weighted by Gasteiger charge is 2.20. The van der Waals surface area contributed by atoms with E-state index in [0.29, 0.717) is 13.2 Å². The predicted molar refractivity (Wildman–Crippen MR) is 103 cm³/mol. The summed E-state index contributed by atoms with van der Waals surface area (Å²) in [7, 11) is 0. The van der Waals surface area contributed by atoms with Gasteiger partial charge < -0.3 is 15.0 Å². The van der Waals surface area contributed by atoms with Crippen LogP contribution in [0.4, 0.5) is 5.69 Å². The Balaban J connectivity index is 0.00000225. The van der Waals surface area contributed by atoms with Crippen molar-refractivity contribution in [1.82, 2.24) is 5.32 Å². The Hall–Kier alpha value is -2.04. The molecule has 0 radical (unpaired) electrons. The van der Waals surface area contributed by atoms with E-state index in [4.69, 9.17) is 4.74 Å². The zero-order chi connectivity index (χ0) is 16.9. The van der Waals surface area contributed by atoms with Crippen LogP contribution in [0.1, 0.15) is 25.0 Å². The van der Waals surface area contributed by atoms with E-state index >= 15 is 0 Å². The van der Waals surface area contributed by atoms with Crippen molar-refractivity contribution in [2.75, 3.05) is 18.1 Å². The zero-order valence-electron chi connectivity index (χ0n) is 14.7. The SMILES string of the molecule is CC(C)C(=O)N(Cc1ccc2c(c1)CNCCO2)c1ccccc1.Cl. The Kier molecular flexibility index (Phi) is 6.85. The number of nitrogens with zero attached hydrogens (tertiary/aromatic N) is 1. The van der Waals surface area contributed by atoms with Crippen LogP contribution in [0.2, 0.25) is 0 Å². The number of fused-ring (bicyclic) bond motifs is 1. The minimum absolute atomic E-state index is 0. The van der Waals surface area contributed by atoms with E-state index in [-0.39, 0.29) is 24.2 Å². The fourth-order valence-corrected chi connectivity index (χ4v) is 2.86. The normalized spacial score (nSPS) is 13.2. The molecule has 0 bridgehead atoms. The third-order valence-electron chi connectivity index (χ3n) is 4.15. The maximum atomic E-state index is 12.7. The highest BCUT2D eigenvalue weighted by atomic mass is 35.5. The summed E-state index contributed by atoms with van der Waals surface area (Å²) in [6, 6.07) is 16.1. The number of rotatable bonds is 4. The van der Waals surface area contributed by atoms with Crippen molar-refractivity contribution in [3.05, 3.63) is 59.7 Å². The van der Waals surface area contributed by atoms with Crippen LogP contribution in [0, 0.1) is 5.92 Å². The van der Waals surface area contributed by atoms with Crippen molar-refractivity contribution in [1.29, 1.82) is 0 Å². The van der Waals surface area contributed by atoms with Gasteiger partial charge in [0.05, 0.1) is 6.54 Å². The predicted octanol–water partition coefficient (Wildman–Crippen LogP) is 3.78. The van der Waals surface area contributed by atoms with Crippen molar-refractivity contribution < 1.29 is 9.53 Å². The number of hydrogen-bond acceptors (Lipinski definition) is 3. The fraction of sp³-hybridized carbons (Fsp3) is 0.350. The highest BCUT2D eigenvalue weighted by molar-refractivity contribution is 5.94. The summed E-state index contributed by atoms with van der Waals surface area (Å²) < 4.78 is 5.74. The van der Waals surface area contributed by atoms with E-state index < -0.39 is 0 Å². The van der Waals surface area contributed by atoms with Crippen molar-refractivity contribution in [2.45, 2.75) is 26.9 Å². The summed E-state index contributed by atoms with van der Waals surface area (Å²) in [5, 5.41) is 3.35. The lowest BCUT2D eigenvalue weighted by atomic mass is 10.1. The van der Waals surface area contributed by atoms with Crippen molar-refractivity contribution in [2.24, 2.45) is 5.92 Å². The molecule has 0 atom stereocenters. The van der Waals surface area contributed by atoms with Crippen molar-refractivity contribution >= 4 is 24.0 Å². The molecule has 4 nitrogen and oxygen atoms in total. The molecule has 3 rings (SSSR count). The van der Waals surface area contributed by atoms with Gasteiger partial charge in [0.25, 0.3) is 0 Å². The van der Waals surface area contributed by atoms with Crippen LogP contribution in [0.15, 0.2) is 48.5 Å². The molecular formula is C20H25ClN2O2. The Morgan fingerprint density at radius 2 is 1.96 bits per heavy atom. The molecule has 0 aromatic heterocycles. The number of ether oxygens (including phenoxy) is 1. The lowest BCUT2D eigenvalue weighted by Crippen LogP contribution is -2.33. The van der Waals surface area contributed by atoms with Gasteiger partial charge in [-0.2, -0.15) is 0 Å². The number of hydrogen-bond donors (Lipinski definition) is 1. The lowest BCUT2D eigenvalue weighted by Gasteiger charge is -2.25. The molecule has 1 heterocycles. The van der Waals surface area contributed by atoms with Crippen molar-refractivity contribution in [3.63, 3.8) is 0 Å². The highest BCUT2D eigenvalue weighted by Crippen LogP contribution is 2.25. The van der Waals surface area contributed by atoms with Crippen LogP contribution in [-0.4, -0.2) is 19.1 Å². The summed E-state index contributed by atoms with van der Waals surface area (Å²) in [5.41, 5.74) is 3.19. The number of para-hydroxylation sites is 1. The average Bonchev–Trinajstić information content (AvgIpc) is 2.84. The lowest BCUT2D eigenvalue weighted by molar-refractivity contribution is -0.121. The van der Waals surface area contributed by atoms with E-state index in [2.05, 4.69) is 11.4 Å². The number of nitrogens with one attached hydrogen (secondary N) is 1. The van der Waals surface area contributed by atoms with Gasteiger partial charge in [-0.05, 0) is 29.8 Å². The number of carbonyl (C=O) groups is 1. The quantitative estimate of drug-likeness (QED) is 0.902. The second-order valence-corrected chi connectivity index (χ2v) is 6.38. The van der Waals surface area contributed by atoms with Gasteiger partial charge in [-0.3, -0.25) is 4.79 Å². The van der Waals surface area contributed by atoms with Gasteiger partial charge >= 0.3 is 0 Å². The molecule has 5 heteroatoms. The first-order chi connectivity index (χ1) is 11.6. The third kappa shape index (κ3) is 4.74. The molecular weight excluding hydrogens is 336 g/mol. The van der Waals surface area contributed by atoms with E-state index in [1.165, 1.54) is 0 Å².